The fourth-order valence-corrected chi connectivity index (χ4v) is 3.60. The van der Waals surface area contributed by atoms with Crippen molar-refractivity contribution < 1.29 is 18.7 Å². The highest BCUT2D eigenvalue weighted by atomic mass is 19.1. The Morgan fingerprint density at radius 2 is 1.71 bits per heavy atom. The summed E-state index contributed by atoms with van der Waals surface area (Å²) in [6.07, 6.45) is 7.96. The zero-order chi connectivity index (χ0) is 28.3. The average molecular weight is 523 g/mol. The number of hydrogen-bond acceptors (Lipinski definition) is 3. The number of aryl methyl sites for hydroxylation is 1. The van der Waals surface area contributed by atoms with E-state index < -0.39 is 0 Å². The lowest BCUT2D eigenvalue weighted by atomic mass is 10.0. The van der Waals surface area contributed by atoms with Gasteiger partial charge in [0.15, 0.2) is 0 Å². The van der Waals surface area contributed by atoms with Crippen LogP contribution >= 0.6 is 0 Å². The van der Waals surface area contributed by atoms with E-state index >= 15 is 0 Å². The lowest BCUT2D eigenvalue weighted by molar-refractivity contribution is -0.0980. The highest BCUT2D eigenvalue weighted by Gasteiger charge is 2.20. The van der Waals surface area contributed by atoms with Crippen LogP contribution in [0.1, 0.15) is 66.4 Å². The first-order valence-corrected chi connectivity index (χ1v) is 13.2. The summed E-state index contributed by atoms with van der Waals surface area (Å²) in [5.74, 6) is 1.09. The highest BCUT2D eigenvalue weighted by molar-refractivity contribution is 5.97. The van der Waals surface area contributed by atoms with Gasteiger partial charge in [-0.3, -0.25) is 9.18 Å². The van der Waals surface area contributed by atoms with E-state index in [1.54, 1.807) is 0 Å². The van der Waals surface area contributed by atoms with Gasteiger partial charge in [-0.15, -0.1) is 0 Å². The summed E-state index contributed by atoms with van der Waals surface area (Å²) in [5, 5.41) is 2.89. The Balaban J connectivity index is 0.000000627. The number of carbonyl (C=O) groups is 2. The van der Waals surface area contributed by atoms with E-state index in [1.807, 2.05) is 51.0 Å². The minimum absolute atomic E-state index is 0.00606. The molecule has 1 amide bonds. The number of amides is 1. The third-order valence-electron chi connectivity index (χ3n) is 5.88. The highest BCUT2D eigenvalue weighted by Crippen LogP contribution is 2.27. The fourth-order valence-electron chi connectivity index (χ4n) is 3.60. The van der Waals surface area contributed by atoms with Crippen LogP contribution in [0.2, 0.25) is 0 Å². The lowest BCUT2D eigenvalue weighted by Gasteiger charge is -2.11. The van der Waals surface area contributed by atoms with Gasteiger partial charge in [0.1, 0.15) is 6.79 Å². The van der Waals surface area contributed by atoms with Gasteiger partial charge in [-0.1, -0.05) is 88.2 Å². The number of aromatic amines is 1. The van der Waals surface area contributed by atoms with Crippen LogP contribution in [0.4, 0.5) is 4.39 Å². The normalized spacial score (nSPS) is 13.2. The van der Waals surface area contributed by atoms with E-state index in [2.05, 4.69) is 60.6 Å². The Bertz CT molecular complexity index is 1110. The molecule has 2 N–H and O–H groups in total. The predicted molar refractivity (Wildman–Crippen MR) is 156 cm³/mol. The summed E-state index contributed by atoms with van der Waals surface area (Å²) in [6, 6.07) is 18.5. The van der Waals surface area contributed by atoms with E-state index in [0.717, 1.165) is 40.4 Å². The quantitative estimate of drug-likeness (QED) is 0.333. The van der Waals surface area contributed by atoms with Crippen molar-refractivity contribution in [1.29, 1.82) is 0 Å². The molecule has 0 radical (unpaired) electrons. The maximum Gasteiger partial charge on any atom is 0.253 e. The molecule has 38 heavy (non-hydrogen) atoms. The van der Waals surface area contributed by atoms with Crippen LogP contribution in [0.25, 0.3) is 17.3 Å². The van der Waals surface area contributed by atoms with Crippen LogP contribution in [0.3, 0.4) is 0 Å². The monoisotopic (exact) mass is 522 g/mol. The predicted octanol–water partition coefficient (Wildman–Crippen LogP) is 7.35. The van der Waals surface area contributed by atoms with Crippen molar-refractivity contribution in [1.82, 2.24) is 10.3 Å². The minimum Gasteiger partial charge on any atom is -0.373 e. The maximum absolute atomic E-state index is 12.0. The van der Waals surface area contributed by atoms with Crippen molar-refractivity contribution in [3.63, 3.8) is 0 Å². The molecule has 0 spiro atoms. The molecule has 0 atom stereocenters. The number of rotatable bonds is 6. The van der Waals surface area contributed by atoms with Gasteiger partial charge in [-0.25, -0.2) is 0 Å². The Morgan fingerprint density at radius 3 is 2.32 bits per heavy atom. The summed E-state index contributed by atoms with van der Waals surface area (Å²) in [5.41, 5.74) is 7.37. The molecule has 5 rings (SSSR count). The molecule has 1 saturated carbocycles. The molecule has 0 bridgehead atoms. The first-order valence-electron chi connectivity index (χ1n) is 13.2. The summed E-state index contributed by atoms with van der Waals surface area (Å²) in [4.78, 5) is 23.4. The van der Waals surface area contributed by atoms with Crippen molar-refractivity contribution in [3.8, 4) is 11.3 Å². The van der Waals surface area contributed by atoms with Crippen LogP contribution in [-0.4, -0.2) is 38.0 Å². The standard InChI is InChI=1S/C24H24N2O2.C4H8.C2H6.CH3F.CH2O/c1-17-9-10-20(23-15-21-22(26-23)11-12-25-24(21)27)14-19(17)8-5-13-28-16-18-6-3-2-4-7-18;1-4-2-3-4;3*1-2/h2-10,14-15,26H,11-13,16H2,1H3,(H,25,27);4H,2-3H2,1H3;1-2H3;1H3;1H2/b8-5+;;;;. The first kappa shape index (κ1) is 32.5. The van der Waals surface area contributed by atoms with E-state index in [9.17, 15) is 9.18 Å². The van der Waals surface area contributed by atoms with Gasteiger partial charge in [-0.05, 0) is 47.2 Å². The van der Waals surface area contributed by atoms with Gasteiger partial charge in [0.2, 0.25) is 0 Å². The molecule has 2 aromatic carbocycles. The zero-order valence-electron chi connectivity index (χ0n) is 23.5. The van der Waals surface area contributed by atoms with Crippen LogP contribution in [0, 0.1) is 12.8 Å². The van der Waals surface area contributed by atoms with Gasteiger partial charge in [0, 0.05) is 24.4 Å². The second kappa shape index (κ2) is 18.7. The Kier molecular flexibility index (Phi) is 16.0. The van der Waals surface area contributed by atoms with Crippen molar-refractivity contribution in [2.24, 2.45) is 5.92 Å². The third kappa shape index (κ3) is 10.9. The number of carbonyl (C=O) groups excluding carboxylic acids is 2. The van der Waals surface area contributed by atoms with Crippen molar-refractivity contribution >= 4 is 18.8 Å². The molecule has 1 aliphatic heterocycles. The number of alkyl halides is 1. The number of aromatic nitrogens is 1. The van der Waals surface area contributed by atoms with Crippen LogP contribution in [-0.2, 0) is 22.6 Å². The number of halogens is 1. The second-order valence-electron chi connectivity index (χ2n) is 8.74. The van der Waals surface area contributed by atoms with Crippen LogP contribution in [0.5, 0.6) is 0 Å². The number of ether oxygens (including phenoxy) is 1. The van der Waals surface area contributed by atoms with E-state index in [0.29, 0.717) is 26.9 Å². The molecule has 206 valence electrons. The Hall–Kier alpha value is -3.51. The van der Waals surface area contributed by atoms with Gasteiger partial charge < -0.3 is 19.8 Å². The molecular weight excluding hydrogens is 479 g/mol. The van der Waals surface area contributed by atoms with Crippen molar-refractivity contribution in [3.05, 3.63) is 88.6 Å². The molecule has 0 unspecified atom stereocenters. The van der Waals surface area contributed by atoms with Crippen LogP contribution in [0.15, 0.2) is 60.7 Å². The summed E-state index contributed by atoms with van der Waals surface area (Å²) in [6.45, 7) is 12.2. The fraction of sp³-hybridized carbons (Fsp3) is 0.375. The average Bonchev–Trinajstić information content (AvgIpc) is 3.63. The summed E-state index contributed by atoms with van der Waals surface area (Å²) < 4.78 is 15.2. The number of nitrogens with one attached hydrogen (secondary N) is 2. The summed E-state index contributed by atoms with van der Waals surface area (Å²) >= 11 is 0. The van der Waals surface area contributed by atoms with E-state index in [-0.39, 0.29) is 5.91 Å². The molecule has 1 fully saturated rings. The van der Waals surface area contributed by atoms with Crippen molar-refractivity contribution in [2.75, 3.05) is 20.3 Å². The molecule has 1 aliphatic carbocycles. The smallest absolute Gasteiger partial charge is 0.253 e. The molecular formula is C32H43FN2O3. The maximum atomic E-state index is 12.0. The van der Waals surface area contributed by atoms with E-state index in [4.69, 9.17) is 9.53 Å². The minimum atomic E-state index is 0.00606. The molecule has 3 aromatic rings. The van der Waals surface area contributed by atoms with Gasteiger partial charge in [-0.2, -0.15) is 0 Å². The number of hydrogen-bond donors (Lipinski definition) is 2. The molecule has 6 heteroatoms. The van der Waals surface area contributed by atoms with Gasteiger partial charge in [0.05, 0.1) is 26.0 Å². The molecule has 2 heterocycles. The molecule has 2 aliphatic rings. The Labute approximate surface area is 227 Å². The zero-order valence-corrected chi connectivity index (χ0v) is 23.5. The van der Waals surface area contributed by atoms with Crippen LogP contribution < -0.4 is 5.32 Å². The molecule has 0 saturated heterocycles. The lowest BCUT2D eigenvalue weighted by Crippen LogP contribution is -2.31. The SMILES string of the molecule is C=O.CC.CC1CC1.CF.Cc1ccc(-c2cc3c([nH]2)CCNC3=O)cc1/C=C/COCc1ccccc1. The topological polar surface area (TPSA) is 71.2 Å². The molecule has 1 aromatic heterocycles. The van der Waals surface area contributed by atoms with E-state index in [1.165, 1.54) is 24.0 Å². The number of fused-ring (bicyclic) bond motifs is 1. The number of benzene rings is 2. The third-order valence-corrected chi connectivity index (χ3v) is 5.88. The first-order chi connectivity index (χ1) is 18.6. The molecule has 5 nitrogen and oxygen atoms in total. The largest absolute Gasteiger partial charge is 0.373 e. The summed E-state index contributed by atoms with van der Waals surface area (Å²) in [7, 11) is 0.500. The van der Waals surface area contributed by atoms with Gasteiger partial charge in [0.25, 0.3) is 5.91 Å². The Morgan fingerprint density at radius 1 is 1.05 bits per heavy atom. The van der Waals surface area contributed by atoms with Crippen molar-refractivity contribution in [2.45, 2.75) is 53.6 Å². The second-order valence-corrected chi connectivity index (χ2v) is 8.74. The van der Waals surface area contributed by atoms with Gasteiger partial charge >= 0.3 is 0 Å². The number of H-pyrrole nitrogens is 1.